The Kier molecular flexibility index (Phi) is 14.4. The van der Waals surface area contributed by atoms with Gasteiger partial charge in [0.15, 0.2) is 0 Å². The fourth-order valence-corrected chi connectivity index (χ4v) is 4.61. The number of ketones is 2. The number of Topliss-reactive ketones (excluding diaryl/α,β-unsaturated/α-hetero) is 2. The third-order valence-corrected chi connectivity index (χ3v) is 6.53. The van der Waals surface area contributed by atoms with Crippen molar-refractivity contribution >= 4 is 17.5 Å². The monoisotopic (exact) mass is 486 g/mol. The predicted molar refractivity (Wildman–Crippen MR) is 129 cm³/mol. The van der Waals surface area contributed by atoms with Crippen molar-refractivity contribution in [3.05, 3.63) is 12.2 Å². The second-order valence-corrected chi connectivity index (χ2v) is 9.86. The number of hydrogen-bond donors (Lipinski definition) is 1. The maximum atomic E-state index is 14.2. The SMILES string of the molecule is CCCCCCC(F)(F)C(=O)CC[C@H]1[C@H](O)CC(=O)[C@@H]1CCCCCCC=CC(=O)OC(C)C. The highest BCUT2D eigenvalue weighted by atomic mass is 19.3. The second kappa shape index (κ2) is 16.1. The smallest absolute Gasteiger partial charge is 0.330 e. The summed E-state index contributed by atoms with van der Waals surface area (Å²) in [6.45, 7) is 5.60. The standard InChI is InChI=1S/C27H44F2O5/c1-4-5-6-13-18-27(28,29)25(32)17-16-22-21(23(30)19-24(22)31)14-11-9-7-8-10-12-15-26(33)34-20(2)3/h12,15,20-22,24,31H,4-11,13-14,16-19H2,1-3H3/t21-,22-,24-/m1/s1. The summed E-state index contributed by atoms with van der Waals surface area (Å²) in [5.41, 5.74) is 0. The number of hydrogen-bond acceptors (Lipinski definition) is 5. The lowest BCUT2D eigenvalue weighted by Crippen LogP contribution is -2.30. The molecule has 7 heteroatoms. The quantitative estimate of drug-likeness (QED) is 0.139. The van der Waals surface area contributed by atoms with Gasteiger partial charge in [-0.3, -0.25) is 9.59 Å². The molecule has 0 saturated heterocycles. The van der Waals surface area contributed by atoms with E-state index in [9.17, 15) is 28.3 Å². The topological polar surface area (TPSA) is 80.7 Å². The first-order chi connectivity index (χ1) is 16.1. The van der Waals surface area contributed by atoms with Gasteiger partial charge in [-0.2, -0.15) is 8.78 Å². The van der Waals surface area contributed by atoms with Gasteiger partial charge in [0.2, 0.25) is 5.78 Å². The van der Waals surface area contributed by atoms with E-state index in [1.165, 1.54) is 6.08 Å². The zero-order valence-electron chi connectivity index (χ0n) is 21.2. The van der Waals surface area contributed by atoms with Gasteiger partial charge >= 0.3 is 11.9 Å². The number of ether oxygens (including phenoxy) is 1. The van der Waals surface area contributed by atoms with Gasteiger partial charge in [0, 0.05) is 31.3 Å². The Morgan fingerprint density at radius 2 is 1.76 bits per heavy atom. The van der Waals surface area contributed by atoms with Crippen molar-refractivity contribution in [1.82, 2.24) is 0 Å². The van der Waals surface area contributed by atoms with Crippen LogP contribution in [0, 0.1) is 11.8 Å². The fourth-order valence-electron chi connectivity index (χ4n) is 4.61. The van der Waals surface area contributed by atoms with Crippen LogP contribution < -0.4 is 0 Å². The Balaban J connectivity index is 2.35. The van der Waals surface area contributed by atoms with Crippen LogP contribution in [0.5, 0.6) is 0 Å². The highest BCUT2D eigenvalue weighted by molar-refractivity contribution is 5.86. The molecule has 3 atom stereocenters. The number of alkyl halides is 2. The fraction of sp³-hybridized carbons (Fsp3) is 0.815. The number of carbonyl (C=O) groups excluding carboxylic acids is 3. The first kappa shape index (κ1) is 30.4. The van der Waals surface area contributed by atoms with Crippen LogP contribution in [-0.4, -0.2) is 40.8 Å². The van der Waals surface area contributed by atoms with Gasteiger partial charge in [-0.05, 0) is 51.9 Å². The van der Waals surface area contributed by atoms with Crippen molar-refractivity contribution in [2.24, 2.45) is 11.8 Å². The summed E-state index contributed by atoms with van der Waals surface area (Å²) < 4.78 is 33.3. The Morgan fingerprint density at radius 3 is 2.44 bits per heavy atom. The molecule has 1 aliphatic rings. The molecule has 196 valence electrons. The van der Waals surface area contributed by atoms with E-state index in [1.54, 1.807) is 19.9 Å². The molecule has 0 aromatic carbocycles. The zero-order valence-corrected chi connectivity index (χ0v) is 21.2. The van der Waals surface area contributed by atoms with Crippen molar-refractivity contribution < 1.29 is 33.0 Å². The van der Waals surface area contributed by atoms with Crippen LogP contribution in [0.4, 0.5) is 8.78 Å². The van der Waals surface area contributed by atoms with E-state index in [2.05, 4.69) is 0 Å². The molecule has 0 radical (unpaired) electrons. The summed E-state index contributed by atoms with van der Waals surface area (Å²) >= 11 is 0. The molecule has 34 heavy (non-hydrogen) atoms. The molecule has 0 aromatic rings. The minimum atomic E-state index is -3.32. The molecule has 0 bridgehead atoms. The predicted octanol–water partition coefficient (Wildman–Crippen LogP) is 6.36. The van der Waals surface area contributed by atoms with Crippen molar-refractivity contribution in [2.45, 2.75) is 129 Å². The number of rotatable bonds is 18. The number of carbonyl (C=O) groups is 3. The molecule has 1 fully saturated rings. The molecule has 0 spiro atoms. The van der Waals surface area contributed by atoms with Crippen molar-refractivity contribution in [2.75, 3.05) is 0 Å². The Labute approximate surface area is 203 Å². The first-order valence-corrected chi connectivity index (χ1v) is 13.1. The minimum absolute atomic E-state index is 0.0251. The largest absolute Gasteiger partial charge is 0.460 e. The number of aliphatic hydroxyl groups excluding tert-OH is 1. The van der Waals surface area contributed by atoms with E-state index in [1.807, 2.05) is 6.92 Å². The normalized spacial score (nSPS) is 21.0. The minimum Gasteiger partial charge on any atom is -0.460 e. The molecule has 1 rings (SSSR count). The molecule has 1 aliphatic carbocycles. The summed E-state index contributed by atoms with van der Waals surface area (Å²) in [5.74, 6) is -5.53. The van der Waals surface area contributed by atoms with Gasteiger partial charge in [-0.25, -0.2) is 4.79 Å². The van der Waals surface area contributed by atoms with Gasteiger partial charge in [0.25, 0.3) is 0 Å². The molecule has 0 unspecified atom stereocenters. The van der Waals surface area contributed by atoms with Gasteiger partial charge in [-0.1, -0.05) is 51.5 Å². The molecule has 1 N–H and O–H groups in total. The van der Waals surface area contributed by atoms with Crippen LogP contribution in [0.25, 0.3) is 0 Å². The van der Waals surface area contributed by atoms with Crippen LogP contribution in [0.15, 0.2) is 12.2 Å². The molecular weight excluding hydrogens is 442 g/mol. The van der Waals surface area contributed by atoms with Gasteiger partial charge in [0.05, 0.1) is 12.2 Å². The maximum absolute atomic E-state index is 14.2. The first-order valence-electron chi connectivity index (χ1n) is 13.1. The van der Waals surface area contributed by atoms with E-state index in [0.29, 0.717) is 19.3 Å². The van der Waals surface area contributed by atoms with Crippen LogP contribution in [0.1, 0.15) is 111 Å². The van der Waals surface area contributed by atoms with Crippen LogP contribution in [0.2, 0.25) is 0 Å². The molecule has 5 nitrogen and oxygen atoms in total. The summed E-state index contributed by atoms with van der Waals surface area (Å²) in [6, 6.07) is 0. The van der Waals surface area contributed by atoms with Crippen LogP contribution in [-0.2, 0) is 19.1 Å². The summed E-state index contributed by atoms with van der Waals surface area (Å²) in [5, 5.41) is 10.3. The highest BCUT2D eigenvalue weighted by Crippen LogP contribution is 2.37. The van der Waals surface area contributed by atoms with E-state index < -0.39 is 30.1 Å². The van der Waals surface area contributed by atoms with Gasteiger partial charge in [-0.15, -0.1) is 0 Å². The Bertz CT molecular complexity index is 659. The molecule has 0 aromatic heterocycles. The molecule has 0 aliphatic heterocycles. The van der Waals surface area contributed by atoms with Crippen LogP contribution >= 0.6 is 0 Å². The lowest BCUT2D eigenvalue weighted by atomic mass is 9.85. The third kappa shape index (κ3) is 11.7. The summed E-state index contributed by atoms with van der Waals surface area (Å²) in [4.78, 5) is 35.9. The number of unbranched alkanes of at least 4 members (excludes halogenated alkanes) is 7. The molecule has 0 amide bonds. The number of allylic oxidation sites excluding steroid dienone is 1. The average Bonchev–Trinajstić information content (AvgIpc) is 3.02. The van der Waals surface area contributed by atoms with Crippen molar-refractivity contribution in [1.29, 1.82) is 0 Å². The maximum Gasteiger partial charge on any atom is 0.330 e. The lowest BCUT2D eigenvalue weighted by molar-refractivity contribution is -0.144. The second-order valence-electron chi connectivity index (χ2n) is 9.86. The van der Waals surface area contributed by atoms with E-state index in [4.69, 9.17) is 4.74 Å². The number of esters is 1. The third-order valence-electron chi connectivity index (χ3n) is 6.53. The molecule has 1 saturated carbocycles. The van der Waals surface area contributed by atoms with Crippen molar-refractivity contribution in [3.63, 3.8) is 0 Å². The highest BCUT2D eigenvalue weighted by Gasteiger charge is 2.43. The van der Waals surface area contributed by atoms with E-state index in [-0.39, 0.29) is 43.0 Å². The van der Waals surface area contributed by atoms with E-state index >= 15 is 0 Å². The molecule has 0 heterocycles. The zero-order chi connectivity index (χ0) is 25.6. The number of aliphatic hydroxyl groups is 1. The van der Waals surface area contributed by atoms with E-state index in [0.717, 1.165) is 44.9 Å². The average molecular weight is 487 g/mol. The lowest BCUT2D eigenvalue weighted by Gasteiger charge is -2.22. The van der Waals surface area contributed by atoms with Gasteiger partial charge < -0.3 is 9.84 Å². The molecular formula is C27H44F2O5. The Morgan fingerprint density at radius 1 is 1.09 bits per heavy atom. The number of halogens is 2. The Hall–Kier alpha value is -1.63. The summed E-state index contributed by atoms with van der Waals surface area (Å²) in [7, 11) is 0. The van der Waals surface area contributed by atoms with Crippen LogP contribution in [0.3, 0.4) is 0 Å². The van der Waals surface area contributed by atoms with Crippen molar-refractivity contribution in [3.8, 4) is 0 Å². The summed E-state index contributed by atoms with van der Waals surface area (Å²) in [6.07, 6.45) is 9.53. The van der Waals surface area contributed by atoms with Gasteiger partial charge in [0.1, 0.15) is 5.78 Å².